The van der Waals surface area contributed by atoms with Crippen LogP contribution >= 0.6 is 0 Å². The molecule has 0 aliphatic rings. The summed E-state index contributed by atoms with van der Waals surface area (Å²) in [6, 6.07) is 0. The van der Waals surface area contributed by atoms with Crippen LogP contribution < -0.4 is 11.1 Å². The number of hydrogen-bond donors (Lipinski definition) is 2. The Morgan fingerprint density at radius 1 is 1.40 bits per heavy atom. The molecule has 0 saturated heterocycles. The molecule has 2 aromatic heterocycles. The van der Waals surface area contributed by atoms with Crippen LogP contribution in [0.4, 0.5) is 5.82 Å². The average Bonchev–Trinajstić information content (AvgIpc) is 2.80. The predicted octanol–water partition coefficient (Wildman–Crippen LogP) is 1.55. The Balaban J connectivity index is 2.09. The normalized spacial score (nSPS) is 10.9. The largest absolute Gasteiger partial charge is 0.382 e. The summed E-state index contributed by atoms with van der Waals surface area (Å²) in [5.41, 5.74) is 9.81. The average molecular weight is 275 g/mol. The highest BCUT2D eigenvalue weighted by Crippen LogP contribution is 2.23. The zero-order valence-corrected chi connectivity index (χ0v) is 12.2. The van der Waals surface area contributed by atoms with Crippen molar-refractivity contribution >= 4 is 22.8 Å². The van der Waals surface area contributed by atoms with E-state index in [1.165, 1.54) is 6.92 Å². The lowest BCUT2D eigenvalue weighted by Gasteiger charge is -2.09. The molecule has 0 spiro atoms. The van der Waals surface area contributed by atoms with Crippen LogP contribution in [0.1, 0.15) is 31.0 Å². The molecule has 0 unspecified atom stereocenters. The van der Waals surface area contributed by atoms with Gasteiger partial charge in [-0.3, -0.25) is 4.79 Å². The van der Waals surface area contributed by atoms with Crippen LogP contribution in [0.3, 0.4) is 0 Å². The second-order valence-corrected chi connectivity index (χ2v) is 5.03. The zero-order valence-electron chi connectivity index (χ0n) is 12.2. The van der Waals surface area contributed by atoms with Gasteiger partial charge in [-0.25, -0.2) is 9.97 Å². The number of imidazole rings is 1. The molecule has 6 nitrogen and oxygen atoms in total. The van der Waals surface area contributed by atoms with Gasteiger partial charge in [-0.2, -0.15) is 0 Å². The van der Waals surface area contributed by atoms with E-state index in [0.717, 1.165) is 41.7 Å². The molecule has 0 aliphatic carbocycles. The van der Waals surface area contributed by atoms with E-state index in [2.05, 4.69) is 19.9 Å². The van der Waals surface area contributed by atoms with Crippen molar-refractivity contribution in [3.8, 4) is 0 Å². The molecule has 0 bridgehead atoms. The molecular formula is C14H21N5O. The summed E-state index contributed by atoms with van der Waals surface area (Å²) in [4.78, 5) is 19.4. The first kappa shape index (κ1) is 14.3. The first-order chi connectivity index (χ1) is 9.50. The number of nitrogens with two attached hydrogens (primary N) is 1. The van der Waals surface area contributed by atoms with Crippen molar-refractivity contribution in [1.29, 1.82) is 0 Å². The molecule has 3 N–H and O–H groups in total. The summed E-state index contributed by atoms with van der Waals surface area (Å²) in [6.45, 7) is 7.10. The van der Waals surface area contributed by atoms with Crippen LogP contribution in [0.5, 0.6) is 0 Å². The Hall–Kier alpha value is -2.11. The van der Waals surface area contributed by atoms with E-state index in [4.69, 9.17) is 5.73 Å². The molecule has 0 saturated carbocycles. The van der Waals surface area contributed by atoms with E-state index in [1.807, 2.05) is 20.2 Å². The van der Waals surface area contributed by atoms with Crippen LogP contribution in [0, 0.1) is 13.8 Å². The third-order valence-electron chi connectivity index (χ3n) is 3.47. The number of rotatable bonds is 5. The fourth-order valence-corrected chi connectivity index (χ4v) is 2.29. The van der Waals surface area contributed by atoms with Gasteiger partial charge in [0.1, 0.15) is 5.52 Å². The van der Waals surface area contributed by atoms with Gasteiger partial charge in [-0.1, -0.05) is 0 Å². The van der Waals surface area contributed by atoms with Crippen molar-refractivity contribution in [2.45, 2.75) is 40.2 Å². The van der Waals surface area contributed by atoms with Gasteiger partial charge in [0.15, 0.2) is 5.82 Å². The van der Waals surface area contributed by atoms with Crippen molar-refractivity contribution in [1.82, 2.24) is 19.9 Å². The van der Waals surface area contributed by atoms with Crippen molar-refractivity contribution in [2.24, 2.45) is 0 Å². The second-order valence-electron chi connectivity index (χ2n) is 5.03. The van der Waals surface area contributed by atoms with Gasteiger partial charge in [-0.15, -0.1) is 0 Å². The van der Waals surface area contributed by atoms with E-state index >= 15 is 0 Å². The maximum Gasteiger partial charge on any atom is 0.216 e. The number of aromatic nitrogens is 3. The fraction of sp³-hybridized carbons (Fsp3) is 0.500. The topological polar surface area (TPSA) is 85.8 Å². The number of unbranched alkanes of at least 4 members (excludes halogenated alkanes) is 1. The number of carbonyl (C=O) groups excluding carboxylic acids is 1. The smallest absolute Gasteiger partial charge is 0.216 e. The number of nitrogen functional groups attached to an aromatic ring is 1. The maximum absolute atomic E-state index is 10.8. The number of nitrogens with one attached hydrogen (secondary N) is 1. The molecule has 6 heteroatoms. The summed E-state index contributed by atoms with van der Waals surface area (Å²) in [5, 5.41) is 2.80. The molecule has 0 fully saturated rings. The lowest BCUT2D eigenvalue weighted by molar-refractivity contribution is -0.118. The zero-order chi connectivity index (χ0) is 14.7. The number of pyridine rings is 1. The van der Waals surface area contributed by atoms with Crippen LogP contribution in [-0.2, 0) is 11.3 Å². The third kappa shape index (κ3) is 2.89. The van der Waals surface area contributed by atoms with E-state index < -0.39 is 0 Å². The number of anilines is 1. The lowest BCUT2D eigenvalue weighted by Crippen LogP contribution is -2.21. The summed E-state index contributed by atoms with van der Waals surface area (Å²) < 4.78 is 2.11. The highest BCUT2D eigenvalue weighted by Gasteiger charge is 2.12. The lowest BCUT2D eigenvalue weighted by atomic mass is 10.2. The Morgan fingerprint density at radius 3 is 2.85 bits per heavy atom. The van der Waals surface area contributed by atoms with E-state index in [-0.39, 0.29) is 5.91 Å². The number of aryl methyl sites for hydroxylation is 3. The minimum absolute atomic E-state index is 0.0170. The minimum atomic E-state index is 0.0170. The van der Waals surface area contributed by atoms with E-state index in [9.17, 15) is 4.79 Å². The van der Waals surface area contributed by atoms with Crippen LogP contribution in [0.25, 0.3) is 11.0 Å². The predicted molar refractivity (Wildman–Crippen MR) is 79.3 cm³/mol. The second kappa shape index (κ2) is 5.90. The third-order valence-corrected chi connectivity index (χ3v) is 3.47. The van der Waals surface area contributed by atoms with E-state index in [0.29, 0.717) is 12.4 Å². The SMILES string of the molecule is CC(=O)NCCCCn1cnc2c(N)nc(C)c(C)c21. The number of fused-ring (bicyclic) bond motifs is 1. The first-order valence-corrected chi connectivity index (χ1v) is 6.82. The van der Waals surface area contributed by atoms with Gasteiger partial charge in [0, 0.05) is 25.7 Å². The number of nitrogens with zero attached hydrogens (tertiary/aromatic N) is 3. The number of carbonyl (C=O) groups is 1. The molecular weight excluding hydrogens is 254 g/mol. The summed E-state index contributed by atoms with van der Waals surface area (Å²) in [6.07, 6.45) is 3.73. The molecule has 108 valence electrons. The van der Waals surface area contributed by atoms with Crippen LogP contribution in [0.15, 0.2) is 6.33 Å². The van der Waals surface area contributed by atoms with Crippen LogP contribution in [0.2, 0.25) is 0 Å². The van der Waals surface area contributed by atoms with Crippen molar-refractivity contribution in [2.75, 3.05) is 12.3 Å². The van der Waals surface area contributed by atoms with Crippen molar-refractivity contribution in [3.05, 3.63) is 17.6 Å². The highest BCUT2D eigenvalue weighted by atomic mass is 16.1. The Labute approximate surface area is 118 Å². The van der Waals surface area contributed by atoms with Crippen molar-refractivity contribution < 1.29 is 4.79 Å². The molecule has 0 radical (unpaired) electrons. The van der Waals surface area contributed by atoms with Gasteiger partial charge < -0.3 is 15.6 Å². The fourth-order valence-electron chi connectivity index (χ4n) is 2.29. The molecule has 20 heavy (non-hydrogen) atoms. The molecule has 0 atom stereocenters. The van der Waals surface area contributed by atoms with E-state index in [1.54, 1.807) is 0 Å². The first-order valence-electron chi connectivity index (χ1n) is 6.82. The quantitative estimate of drug-likeness (QED) is 0.811. The van der Waals surface area contributed by atoms with Gasteiger partial charge >= 0.3 is 0 Å². The van der Waals surface area contributed by atoms with Gasteiger partial charge in [0.2, 0.25) is 5.91 Å². The molecule has 1 amide bonds. The standard InChI is InChI=1S/C14H21N5O/c1-9-10(2)18-14(15)12-13(9)19(8-17-12)7-5-4-6-16-11(3)20/h8H,4-7H2,1-3H3,(H2,15,18)(H,16,20). The minimum Gasteiger partial charge on any atom is -0.382 e. The highest BCUT2D eigenvalue weighted by molar-refractivity contribution is 5.88. The van der Waals surface area contributed by atoms with Crippen LogP contribution in [-0.4, -0.2) is 27.0 Å². The maximum atomic E-state index is 10.8. The van der Waals surface area contributed by atoms with Gasteiger partial charge in [0.25, 0.3) is 0 Å². The summed E-state index contributed by atoms with van der Waals surface area (Å²) in [5.74, 6) is 0.503. The Bertz CT molecular complexity index is 632. The Morgan fingerprint density at radius 2 is 2.15 bits per heavy atom. The Kier molecular flexibility index (Phi) is 4.22. The van der Waals surface area contributed by atoms with Gasteiger partial charge in [0.05, 0.1) is 11.8 Å². The summed E-state index contributed by atoms with van der Waals surface area (Å²) in [7, 11) is 0. The molecule has 2 heterocycles. The molecule has 2 rings (SSSR count). The molecule has 2 aromatic rings. The molecule has 0 aromatic carbocycles. The number of hydrogen-bond acceptors (Lipinski definition) is 4. The summed E-state index contributed by atoms with van der Waals surface area (Å²) >= 11 is 0. The monoisotopic (exact) mass is 275 g/mol. The molecule has 0 aliphatic heterocycles. The van der Waals surface area contributed by atoms with Gasteiger partial charge in [-0.05, 0) is 32.3 Å². The number of amides is 1. The van der Waals surface area contributed by atoms with Crippen molar-refractivity contribution in [3.63, 3.8) is 0 Å².